The van der Waals surface area contributed by atoms with Gasteiger partial charge < -0.3 is 27.8 Å². The summed E-state index contributed by atoms with van der Waals surface area (Å²) in [6.45, 7) is 22.8. The van der Waals surface area contributed by atoms with Crippen LogP contribution in [0.4, 0.5) is 0 Å². The van der Waals surface area contributed by atoms with Crippen LogP contribution in [-0.2, 0) is 33.4 Å². The Balaban J connectivity index is 1.87. The van der Waals surface area contributed by atoms with Crippen LogP contribution in [0, 0.1) is 12.3 Å². The smallest absolute Gasteiger partial charge is 0.192 e. The molecule has 6 nitrogen and oxygen atoms in total. The average Bonchev–Trinajstić information content (AvgIpc) is 3.37. The second kappa shape index (κ2) is 15.8. The standard InChI is InChI=1S/C41H58O6Si2/c1-13-34(43-30-42-8)36-38(47-49(11,12)40(5,6)7)37(46-48(9,10)39(2,3)4)35(45-36)29-44-41(31-23-17-14-18-24-31,32-25-19-15-20-26-32)33-27-21-16-22-28-33/h1,14-28,34-38H,29-30H2,2-12H3/t34-,35+,36-,37+,38+/m0/s1. The molecule has 0 aromatic heterocycles. The van der Waals surface area contributed by atoms with Crippen molar-refractivity contribution in [2.24, 2.45) is 0 Å². The van der Waals surface area contributed by atoms with E-state index in [0.29, 0.717) is 0 Å². The molecule has 8 heteroatoms. The molecule has 5 atom stereocenters. The van der Waals surface area contributed by atoms with E-state index in [0.717, 1.165) is 16.7 Å². The van der Waals surface area contributed by atoms with E-state index in [9.17, 15) is 0 Å². The summed E-state index contributed by atoms with van der Waals surface area (Å²) >= 11 is 0. The van der Waals surface area contributed by atoms with Crippen molar-refractivity contribution in [2.75, 3.05) is 20.5 Å². The van der Waals surface area contributed by atoms with E-state index in [-0.39, 0.29) is 23.5 Å². The Labute approximate surface area is 298 Å². The Bertz CT molecular complexity index is 1400. The van der Waals surface area contributed by atoms with Gasteiger partial charge in [0.25, 0.3) is 0 Å². The molecule has 0 bridgehead atoms. The fraction of sp³-hybridized carbons (Fsp3) is 0.512. The second-order valence-electron chi connectivity index (χ2n) is 16.1. The first-order chi connectivity index (χ1) is 23.0. The lowest BCUT2D eigenvalue weighted by molar-refractivity contribution is -0.129. The van der Waals surface area contributed by atoms with Crippen molar-refractivity contribution in [1.82, 2.24) is 0 Å². The number of ether oxygens (including phenoxy) is 4. The minimum absolute atomic E-state index is 0.0373. The van der Waals surface area contributed by atoms with Crippen molar-refractivity contribution in [3.8, 4) is 12.3 Å². The lowest BCUT2D eigenvalue weighted by Gasteiger charge is -2.44. The third kappa shape index (κ3) is 8.66. The van der Waals surface area contributed by atoms with Crippen LogP contribution < -0.4 is 0 Å². The van der Waals surface area contributed by atoms with Gasteiger partial charge >= 0.3 is 0 Å². The molecule has 0 N–H and O–H groups in total. The number of methoxy groups -OCH3 is 1. The molecular weight excluding hydrogens is 645 g/mol. The van der Waals surface area contributed by atoms with Crippen molar-refractivity contribution < 1.29 is 27.8 Å². The van der Waals surface area contributed by atoms with E-state index in [2.05, 4.69) is 146 Å². The lowest BCUT2D eigenvalue weighted by Crippen LogP contribution is -2.55. The molecule has 49 heavy (non-hydrogen) atoms. The Morgan fingerprint density at radius 3 is 1.47 bits per heavy atom. The molecule has 4 rings (SSSR count). The van der Waals surface area contributed by atoms with E-state index >= 15 is 0 Å². The fourth-order valence-corrected chi connectivity index (χ4v) is 8.42. The van der Waals surface area contributed by atoms with Crippen molar-refractivity contribution >= 4 is 16.6 Å². The van der Waals surface area contributed by atoms with Crippen molar-refractivity contribution in [1.29, 1.82) is 0 Å². The lowest BCUT2D eigenvalue weighted by atomic mass is 9.80. The van der Waals surface area contributed by atoms with Crippen molar-refractivity contribution in [3.63, 3.8) is 0 Å². The van der Waals surface area contributed by atoms with E-state index < -0.39 is 52.8 Å². The molecule has 0 radical (unpaired) electrons. The van der Waals surface area contributed by atoms with Gasteiger partial charge in [0, 0.05) is 7.11 Å². The number of rotatable bonds is 14. The van der Waals surface area contributed by atoms with Gasteiger partial charge in [-0.25, -0.2) is 0 Å². The van der Waals surface area contributed by atoms with Crippen molar-refractivity contribution in [3.05, 3.63) is 108 Å². The van der Waals surface area contributed by atoms with Crippen LogP contribution in [0.5, 0.6) is 0 Å². The molecule has 1 aliphatic rings. The maximum atomic E-state index is 7.34. The van der Waals surface area contributed by atoms with Gasteiger partial charge in [-0.3, -0.25) is 0 Å². The molecule has 1 heterocycles. The third-order valence-electron chi connectivity index (χ3n) is 10.7. The summed E-state index contributed by atoms with van der Waals surface area (Å²) in [5, 5.41) is -0.117. The van der Waals surface area contributed by atoms with Gasteiger partial charge in [0.1, 0.15) is 42.9 Å². The zero-order chi connectivity index (χ0) is 36.1. The number of hydrogen-bond donors (Lipinski definition) is 0. The fourth-order valence-electron chi connectivity index (χ4n) is 5.80. The summed E-state index contributed by atoms with van der Waals surface area (Å²) in [4.78, 5) is 0. The molecule has 0 spiro atoms. The van der Waals surface area contributed by atoms with Crippen molar-refractivity contribution in [2.45, 2.75) is 114 Å². The highest BCUT2D eigenvalue weighted by Gasteiger charge is 2.56. The summed E-state index contributed by atoms with van der Waals surface area (Å²) in [6, 6.07) is 31.1. The van der Waals surface area contributed by atoms with Gasteiger partial charge in [-0.1, -0.05) is 138 Å². The third-order valence-corrected chi connectivity index (χ3v) is 19.6. The van der Waals surface area contributed by atoms with Crippen LogP contribution in [0.2, 0.25) is 36.3 Å². The topological polar surface area (TPSA) is 55.4 Å². The predicted octanol–water partition coefficient (Wildman–Crippen LogP) is 9.17. The molecule has 0 saturated carbocycles. The van der Waals surface area contributed by atoms with Gasteiger partial charge in [0.2, 0.25) is 0 Å². The van der Waals surface area contributed by atoms with E-state index in [1.165, 1.54) is 0 Å². The number of benzene rings is 3. The molecule has 0 amide bonds. The SMILES string of the molecule is C#C[C@H](OCOC)[C@@H]1O[C@H](COC(c2ccccc2)(c2ccccc2)c2ccccc2)[C@@H](O[Si](C)(C)C(C)(C)C)[C@@H]1O[Si](C)(C)C(C)(C)C. The molecule has 1 saturated heterocycles. The van der Waals surface area contributed by atoms with Gasteiger partial charge in [0.05, 0.1) is 6.61 Å². The highest BCUT2D eigenvalue weighted by molar-refractivity contribution is 6.74. The summed E-state index contributed by atoms with van der Waals surface area (Å²) in [6.07, 6.45) is 3.38. The maximum absolute atomic E-state index is 7.34. The van der Waals surface area contributed by atoms with Gasteiger partial charge in [-0.05, 0) is 53.0 Å². The van der Waals surface area contributed by atoms with Crippen LogP contribution in [0.15, 0.2) is 91.0 Å². The molecular formula is C41H58O6Si2. The van der Waals surface area contributed by atoms with Crippen LogP contribution in [0.3, 0.4) is 0 Å². The second-order valence-corrected chi connectivity index (χ2v) is 25.6. The normalized spacial score (nSPS) is 21.3. The molecule has 3 aromatic rings. The minimum Gasteiger partial charge on any atom is -0.408 e. The monoisotopic (exact) mass is 702 g/mol. The van der Waals surface area contributed by atoms with E-state index in [1.54, 1.807) is 7.11 Å². The zero-order valence-electron chi connectivity index (χ0n) is 31.5. The molecule has 266 valence electrons. The predicted molar refractivity (Wildman–Crippen MR) is 204 cm³/mol. The van der Waals surface area contributed by atoms with E-state index in [4.69, 9.17) is 34.2 Å². The van der Waals surface area contributed by atoms with Gasteiger partial charge in [-0.15, -0.1) is 6.42 Å². The Morgan fingerprint density at radius 1 is 0.694 bits per heavy atom. The Hall–Kier alpha value is -2.59. The first-order valence-electron chi connectivity index (χ1n) is 17.4. The first kappa shape index (κ1) is 39.2. The highest BCUT2D eigenvalue weighted by atomic mass is 28.4. The molecule has 0 unspecified atom stereocenters. The van der Waals surface area contributed by atoms with Crippen LogP contribution >= 0.6 is 0 Å². The summed E-state index contributed by atoms with van der Waals surface area (Å²) < 4.78 is 40.3. The van der Waals surface area contributed by atoms with Gasteiger partial charge in [0.15, 0.2) is 16.6 Å². The van der Waals surface area contributed by atoms with Crippen LogP contribution in [0.1, 0.15) is 58.2 Å². The van der Waals surface area contributed by atoms with Gasteiger partial charge in [-0.2, -0.15) is 0 Å². The van der Waals surface area contributed by atoms with Crippen LogP contribution in [0.25, 0.3) is 0 Å². The number of terminal acetylenes is 1. The maximum Gasteiger partial charge on any atom is 0.192 e. The molecule has 1 fully saturated rings. The van der Waals surface area contributed by atoms with Crippen LogP contribution in [-0.4, -0.2) is 67.7 Å². The summed E-state index contributed by atoms with van der Waals surface area (Å²) in [5.41, 5.74) is 2.12. The molecule has 1 aliphatic heterocycles. The Morgan fingerprint density at radius 2 is 1.10 bits per heavy atom. The Kier molecular flexibility index (Phi) is 12.6. The minimum atomic E-state index is -2.36. The first-order valence-corrected chi connectivity index (χ1v) is 23.2. The summed E-state index contributed by atoms with van der Waals surface area (Å²) in [5.74, 6) is 2.84. The summed E-state index contributed by atoms with van der Waals surface area (Å²) in [7, 11) is -3.12. The largest absolute Gasteiger partial charge is 0.408 e. The quantitative estimate of drug-likeness (QED) is 0.0723. The zero-order valence-corrected chi connectivity index (χ0v) is 33.5. The molecule has 3 aromatic carbocycles. The van der Waals surface area contributed by atoms with E-state index in [1.807, 2.05) is 18.2 Å². The molecule has 0 aliphatic carbocycles. The average molecular weight is 703 g/mol. The number of hydrogen-bond acceptors (Lipinski definition) is 6. The highest BCUT2D eigenvalue weighted by Crippen LogP contribution is 2.46.